The van der Waals surface area contributed by atoms with Crippen molar-refractivity contribution in [3.05, 3.63) is 89.5 Å². The molecule has 3 aromatic carbocycles. The van der Waals surface area contributed by atoms with Crippen LogP contribution in [0.2, 0.25) is 0 Å². The van der Waals surface area contributed by atoms with Crippen molar-refractivity contribution in [1.82, 2.24) is 5.32 Å². The topological polar surface area (TPSA) is 114 Å². The van der Waals surface area contributed by atoms with Crippen LogP contribution in [0.25, 0.3) is 6.08 Å². The van der Waals surface area contributed by atoms with Crippen molar-refractivity contribution in [3.63, 3.8) is 0 Å². The van der Waals surface area contributed by atoms with Crippen LogP contribution in [0.15, 0.2) is 78.4 Å². The molecule has 5 amide bonds. The SMILES string of the molecule is CCOc1ccc(N2C(=O)NC(=O)/C(=C\c3ccc(OCC(=O)Nc4ccccc4C)cc3)C2=O)cc1. The minimum absolute atomic E-state index is 0.186. The van der Waals surface area contributed by atoms with Crippen molar-refractivity contribution in [1.29, 1.82) is 0 Å². The molecule has 1 aliphatic heterocycles. The minimum Gasteiger partial charge on any atom is -0.494 e. The van der Waals surface area contributed by atoms with Crippen LogP contribution in [0.1, 0.15) is 18.1 Å². The third kappa shape index (κ3) is 6.02. The average Bonchev–Trinajstić information content (AvgIpc) is 2.88. The highest BCUT2D eigenvalue weighted by Gasteiger charge is 2.36. The number of nitrogens with zero attached hydrogens (tertiary/aromatic N) is 1. The molecule has 37 heavy (non-hydrogen) atoms. The summed E-state index contributed by atoms with van der Waals surface area (Å²) in [6.45, 7) is 4.04. The number of hydrogen-bond acceptors (Lipinski definition) is 6. The van der Waals surface area contributed by atoms with Crippen LogP contribution in [0.4, 0.5) is 16.2 Å². The Kier molecular flexibility index (Phi) is 7.63. The van der Waals surface area contributed by atoms with Gasteiger partial charge in [0.25, 0.3) is 17.7 Å². The fourth-order valence-electron chi connectivity index (χ4n) is 3.63. The molecule has 1 aliphatic rings. The molecular weight excluding hydrogens is 474 g/mol. The zero-order chi connectivity index (χ0) is 26.4. The molecule has 0 bridgehead atoms. The molecule has 0 aromatic heterocycles. The first-order valence-corrected chi connectivity index (χ1v) is 11.6. The van der Waals surface area contributed by atoms with E-state index in [4.69, 9.17) is 9.47 Å². The summed E-state index contributed by atoms with van der Waals surface area (Å²) in [4.78, 5) is 51.0. The highest BCUT2D eigenvalue weighted by atomic mass is 16.5. The summed E-state index contributed by atoms with van der Waals surface area (Å²) in [5, 5.41) is 4.99. The van der Waals surface area contributed by atoms with Crippen molar-refractivity contribution in [2.45, 2.75) is 13.8 Å². The summed E-state index contributed by atoms with van der Waals surface area (Å²) in [5.74, 6) is -0.800. The van der Waals surface area contributed by atoms with Gasteiger partial charge in [0.1, 0.15) is 17.1 Å². The van der Waals surface area contributed by atoms with E-state index in [0.29, 0.717) is 35.0 Å². The van der Waals surface area contributed by atoms with Crippen LogP contribution >= 0.6 is 0 Å². The quantitative estimate of drug-likeness (QED) is 0.357. The number of benzene rings is 3. The molecule has 0 atom stereocenters. The van der Waals surface area contributed by atoms with Gasteiger partial charge in [-0.1, -0.05) is 30.3 Å². The number of rotatable bonds is 8. The molecule has 9 heteroatoms. The third-order valence-corrected chi connectivity index (χ3v) is 5.49. The molecule has 0 aliphatic carbocycles. The maximum Gasteiger partial charge on any atom is 0.335 e. The first-order valence-electron chi connectivity index (χ1n) is 11.6. The number of anilines is 2. The number of hydrogen-bond donors (Lipinski definition) is 2. The van der Waals surface area contributed by atoms with Crippen molar-refractivity contribution < 1.29 is 28.7 Å². The lowest BCUT2D eigenvalue weighted by Gasteiger charge is -2.26. The van der Waals surface area contributed by atoms with E-state index in [1.54, 1.807) is 48.5 Å². The number of carbonyl (C=O) groups excluding carboxylic acids is 4. The van der Waals surface area contributed by atoms with Gasteiger partial charge in [-0.15, -0.1) is 0 Å². The monoisotopic (exact) mass is 499 g/mol. The van der Waals surface area contributed by atoms with E-state index in [-0.39, 0.29) is 18.1 Å². The summed E-state index contributed by atoms with van der Waals surface area (Å²) in [6.07, 6.45) is 1.39. The Morgan fingerprint density at radius 1 is 0.919 bits per heavy atom. The van der Waals surface area contributed by atoms with E-state index >= 15 is 0 Å². The van der Waals surface area contributed by atoms with Crippen LogP contribution in [-0.4, -0.2) is 37.0 Å². The largest absolute Gasteiger partial charge is 0.494 e. The second-order valence-electron chi connectivity index (χ2n) is 8.11. The zero-order valence-corrected chi connectivity index (χ0v) is 20.3. The Morgan fingerprint density at radius 3 is 2.24 bits per heavy atom. The molecule has 0 radical (unpaired) electrons. The van der Waals surface area contributed by atoms with Gasteiger partial charge in [0, 0.05) is 5.69 Å². The van der Waals surface area contributed by atoms with Crippen molar-refractivity contribution in [3.8, 4) is 11.5 Å². The van der Waals surface area contributed by atoms with E-state index in [0.717, 1.165) is 10.5 Å². The van der Waals surface area contributed by atoms with Crippen molar-refractivity contribution in [2.75, 3.05) is 23.4 Å². The summed E-state index contributed by atoms with van der Waals surface area (Å²) in [6, 6.07) is 19.5. The second-order valence-corrected chi connectivity index (χ2v) is 8.11. The first-order chi connectivity index (χ1) is 17.9. The van der Waals surface area contributed by atoms with Crippen molar-refractivity contribution in [2.24, 2.45) is 0 Å². The smallest absolute Gasteiger partial charge is 0.335 e. The Balaban J connectivity index is 1.43. The maximum atomic E-state index is 13.1. The maximum absolute atomic E-state index is 13.1. The molecule has 2 N–H and O–H groups in total. The Hall–Kier alpha value is -4.92. The number of imide groups is 2. The molecular formula is C28H25N3O6. The standard InChI is InChI=1S/C28H25N3O6/c1-3-36-21-14-10-20(11-15-21)31-27(34)23(26(33)30-28(31)35)16-19-8-12-22(13-9-19)37-17-25(32)29-24-7-5-4-6-18(24)2/h4-16H,3,17H2,1-2H3,(H,29,32)(H,30,33,35)/b23-16+. The summed E-state index contributed by atoms with van der Waals surface area (Å²) >= 11 is 0. The van der Waals surface area contributed by atoms with E-state index < -0.39 is 17.8 Å². The van der Waals surface area contributed by atoms with E-state index in [1.807, 2.05) is 38.1 Å². The zero-order valence-electron chi connectivity index (χ0n) is 20.3. The minimum atomic E-state index is -0.830. The number of ether oxygens (including phenoxy) is 2. The summed E-state index contributed by atoms with van der Waals surface area (Å²) in [5.41, 5.74) is 2.30. The number of nitrogens with one attached hydrogen (secondary N) is 2. The van der Waals surface area contributed by atoms with Gasteiger partial charge in [-0.25, -0.2) is 9.69 Å². The number of barbiturate groups is 1. The number of amides is 5. The lowest BCUT2D eigenvalue weighted by Crippen LogP contribution is -2.54. The molecule has 188 valence electrons. The van der Waals surface area contributed by atoms with Crippen LogP contribution in [0.3, 0.4) is 0 Å². The summed E-state index contributed by atoms with van der Waals surface area (Å²) < 4.78 is 10.9. The van der Waals surface area contributed by atoms with Gasteiger partial charge < -0.3 is 14.8 Å². The predicted molar refractivity (Wildman–Crippen MR) is 138 cm³/mol. The number of para-hydroxylation sites is 1. The number of carbonyl (C=O) groups is 4. The fraction of sp³-hybridized carbons (Fsp3) is 0.143. The van der Waals surface area contributed by atoms with E-state index in [2.05, 4.69) is 10.6 Å². The third-order valence-electron chi connectivity index (χ3n) is 5.49. The van der Waals surface area contributed by atoms with Gasteiger partial charge >= 0.3 is 6.03 Å². The lowest BCUT2D eigenvalue weighted by molar-refractivity contribution is -0.122. The first kappa shape index (κ1) is 25.2. The van der Waals surface area contributed by atoms with Gasteiger partial charge in [-0.3, -0.25) is 19.7 Å². The Labute approximate surface area is 213 Å². The predicted octanol–water partition coefficient (Wildman–Crippen LogP) is 4.08. The van der Waals surface area contributed by atoms with Gasteiger partial charge in [-0.05, 0) is 73.5 Å². The molecule has 1 saturated heterocycles. The highest BCUT2D eigenvalue weighted by molar-refractivity contribution is 6.39. The van der Waals surface area contributed by atoms with Crippen molar-refractivity contribution >= 4 is 41.2 Å². The molecule has 3 aromatic rings. The molecule has 1 fully saturated rings. The Bertz CT molecular complexity index is 1360. The molecule has 4 rings (SSSR count). The number of aryl methyl sites for hydroxylation is 1. The van der Waals surface area contributed by atoms with Crippen LogP contribution < -0.4 is 25.0 Å². The van der Waals surface area contributed by atoms with Crippen LogP contribution in [0.5, 0.6) is 11.5 Å². The van der Waals surface area contributed by atoms with Gasteiger partial charge in [-0.2, -0.15) is 0 Å². The highest BCUT2D eigenvalue weighted by Crippen LogP contribution is 2.25. The van der Waals surface area contributed by atoms with Crippen LogP contribution in [0, 0.1) is 6.92 Å². The van der Waals surface area contributed by atoms with Gasteiger partial charge in [0.05, 0.1) is 12.3 Å². The van der Waals surface area contributed by atoms with E-state index in [9.17, 15) is 19.2 Å². The van der Waals surface area contributed by atoms with Crippen LogP contribution in [-0.2, 0) is 14.4 Å². The number of urea groups is 1. The molecule has 1 heterocycles. The Morgan fingerprint density at radius 2 is 1.57 bits per heavy atom. The molecule has 9 nitrogen and oxygen atoms in total. The fourth-order valence-corrected chi connectivity index (χ4v) is 3.63. The second kappa shape index (κ2) is 11.2. The normalized spacial score (nSPS) is 14.4. The van der Waals surface area contributed by atoms with E-state index in [1.165, 1.54) is 6.08 Å². The summed E-state index contributed by atoms with van der Waals surface area (Å²) in [7, 11) is 0. The molecule has 0 spiro atoms. The molecule has 0 unspecified atom stereocenters. The average molecular weight is 500 g/mol. The van der Waals surface area contributed by atoms with Gasteiger partial charge in [0.15, 0.2) is 6.61 Å². The van der Waals surface area contributed by atoms with Gasteiger partial charge in [0.2, 0.25) is 0 Å². The lowest BCUT2D eigenvalue weighted by atomic mass is 10.1. The molecule has 0 saturated carbocycles.